The second-order valence-electron chi connectivity index (χ2n) is 3.36. The summed E-state index contributed by atoms with van der Waals surface area (Å²) in [4.78, 5) is 17.7. The standard InChI is InChI=1S/C10H16ClN3O/c1-3-6-14-8-5-12-9(10(14)15)13(2)7-4-11/h5,8H,3-4,6-7H2,1-2H3. The number of aromatic nitrogens is 2. The van der Waals surface area contributed by atoms with Crippen LogP contribution in [-0.2, 0) is 6.54 Å². The topological polar surface area (TPSA) is 38.1 Å². The van der Waals surface area contributed by atoms with Crippen molar-refractivity contribution in [3.05, 3.63) is 22.7 Å². The van der Waals surface area contributed by atoms with E-state index in [0.717, 1.165) is 13.0 Å². The van der Waals surface area contributed by atoms with Crippen molar-refractivity contribution in [3.8, 4) is 0 Å². The Labute approximate surface area is 94.5 Å². The summed E-state index contributed by atoms with van der Waals surface area (Å²) in [5.74, 6) is 0.951. The average Bonchev–Trinajstić information content (AvgIpc) is 2.22. The molecule has 0 saturated heterocycles. The van der Waals surface area contributed by atoms with Gasteiger partial charge in [0.2, 0.25) is 0 Å². The Morgan fingerprint density at radius 3 is 2.93 bits per heavy atom. The summed E-state index contributed by atoms with van der Waals surface area (Å²) in [5.41, 5.74) is -0.0491. The minimum absolute atomic E-state index is 0.0491. The number of hydrogen-bond donors (Lipinski definition) is 0. The van der Waals surface area contributed by atoms with Gasteiger partial charge in [-0.15, -0.1) is 11.6 Å². The van der Waals surface area contributed by atoms with Crippen molar-refractivity contribution in [2.24, 2.45) is 0 Å². The van der Waals surface area contributed by atoms with Crippen LogP contribution in [0.1, 0.15) is 13.3 Å². The molecule has 0 saturated carbocycles. The van der Waals surface area contributed by atoms with Crippen LogP contribution in [0.25, 0.3) is 0 Å². The molecule has 0 aliphatic heterocycles. The van der Waals surface area contributed by atoms with Crippen LogP contribution in [0.2, 0.25) is 0 Å². The number of aryl methyl sites for hydroxylation is 1. The highest BCUT2D eigenvalue weighted by atomic mass is 35.5. The number of anilines is 1. The normalized spacial score (nSPS) is 10.3. The maximum Gasteiger partial charge on any atom is 0.293 e. The Kier molecular flexibility index (Phi) is 4.62. The lowest BCUT2D eigenvalue weighted by Crippen LogP contribution is -2.31. The fraction of sp³-hybridized carbons (Fsp3) is 0.600. The third kappa shape index (κ3) is 2.96. The van der Waals surface area contributed by atoms with Gasteiger partial charge in [-0.1, -0.05) is 6.92 Å². The largest absolute Gasteiger partial charge is 0.354 e. The van der Waals surface area contributed by atoms with Crippen LogP contribution in [0.4, 0.5) is 5.82 Å². The SMILES string of the molecule is CCCn1ccnc(N(C)CCCl)c1=O. The average molecular weight is 230 g/mol. The first-order valence-corrected chi connectivity index (χ1v) is 5.56. The number of hydrogen-bond acceptors (Lipinski definition) is 3. The number of alkyl halides is 1. The Balaban J connectivity index is 2.98. The number of rotatable bonds is 5. The van der Waals surface area contributed by atoms with Crippen LogP contribution in [-0.4, -0.2) is 29.0 Å². The zero-order valence-electron chi connectivity index (χ0n) is 9.11. The summed E-state index contributed by atoms with van der Waals surface area (Å²) in [6, 6.07) is 0. The molecular formula is C10H16ClN3O. The quantitative estimate of drug-likeness (QED) is 0.715. The van der Waals surface area contributed by atoms with E-state index in [9.17, 15) is 4.79 Å². The van der Waals surface area contributed by atoms with Crippen molar-refractivity contribution in [3.63, 3.8) is 0 Å². The van der Waals surface area contributed by atoms with Crippen molar-refractivity contribution in [1.29, 1.82) is 0 Å². The predicted octanol–water partition coefficient (Wildman–Crippen LogP) is 1.33. The summed E-state index contributed by atoms with van der Waals surface area (Å²) < 4.78 is 1.67. The van der Waals surface area contributed by atoms with E-state index in [1.54, 1.807) is 21.9 Å². The van der Waals surface area contributed by atoms with Crippen LogP contribution in [0.15, 0.2) is 17.2 Å². The van der Waals surface area contributed by atoms with E-state index in [4.69, 9.17) is 11.6 Å². The molecule has 0 unspecified atom stereocenters. The van der Waals surface area contributed by atoms with Gasteiger partial charge in [-0.25, -0.2) is 4.98 Å². The van der Waals surface area contributed by atoms with E-state index in [0.29, 0.717) is 18.2 Å². The number of nitrogens with zero attached hydrogens (tertiary/aromatic N) is 3. The van der Waals surface area contributed by atoms with Gasteiger partial charge in [0.25, 0.3) is 5.56 Å². The highest BCUT2D eigenvalue weighted by Gasteiger charge is 2.08. The minimum atomic E-state index is -0.0491. The molecule has 0 aliphatic rings. The zero-order valence-corrected chi connectivity index (χ0v) is 9.87. The van der Waals surface area contributed by atoms with Crippen LogP contribution in [0, 0.1) is 0 Å². The minimum Gasteiger partial charge on any atom is -0.354 e. The molecule has 0 radical (unpaired) electrons. The second kappa shape index (κ2) is 5.75. The molecule has 1 rings (SSSR count). The maximum absolute atomic E-state index is 11.9. The second-order valence-corrected chi connectivity index (χ2v) is 3.74. The molecule has 0 amide bonds. The van der Waals surface area contributed by atoms with Crippen LogP contribution < -0.4 is 10.5 Å². The van der Waals surface area contributed by atoms with E-state index >= 15 is 0 Å². The molecule has 1 aromatic rings. The molecule has 0 aromatic carbocycles. The van der Waals surface area contributed by atoms with Crippen molar-refractivity contribution in [2.75, 3.05) is 24.4 Å². The lowest BCUT2D eigenvalue weighted by Gasteiger charge is -2.16. The van der Waals surface area contributed by atoms with Gasteiger partial charge in [-0.2, -0.15) is 0 Å². The lowest BCUT2D eigenvalue weighted by molar-refractivity contribution is 0.645. The summed E-state index contributed by atoms with van der Waals surface area (Å²) in [7, 11) is 1.82. The summed E-state index contributed by atoms with van der Waals surface area (Å²) in [6.07, 6.45) is 4.30. The smallest absolute Gasteiger partial charge is 0.293 e. The molecule has 1 heterocycles. The summed E-state index contributed by atoms with van der Waals surface area (Å²) >= 11 is 5.62. The third-order valence-electron chi connectivity index (χ3n) is 2.14. The zero-order chi connectivity index (χ0) is 11.3. The lowest BCUT2D eigenvalue weighted by atomic mass is 10.4. The molecule has 1 aromatic heterocycles. The molecule has 84 valence electrons. The van der Waals surface area contributed by atoms with Gasteiger partial charge in [-0.05, 0) is 6.42 Å². The molecular weight excluding hydrogens is 214 g/mol. The predicted molar refractivity (Wildman–Crippen MR) is 62.8 cm³/mol. The van der Waals surface area contributed by atoms with E-state index in [-0.39, 0.29) is 5.56 Å². The van der Waals surface area contributed by atoms with E-state index in [1.165, 1.54) is 0 Å². The van der Waals surface area contributed by atoms with E-state index in [2.05, 4.69) is 4.98 Å². The van der Waals surface area contributed by atoms with Crippen LogP contribution >= 0.6 is 11.6 Å². The first-order valence-electron chi connectivity index (χ1n) is 5.03. The van der Waals surface area contributed by atoms with Crippen molar-refractivity contribution in [1.82, 2.24) is 9.55 Å². The fourth-order valence-electron chi connectivity index (χ4n) is 1.35. The maximum atomic E-state index is 11.9. The first-order chi connectivity index (χ1) is 7.20. The first kappa shape index (κ1) is 12.0. The molecule has 0 bridgehead atoms. The Hall–Kier alpha value is -1.03. The van der Waals surface area contributed by atoms with Gasteiger partial charge >= 0.3 is 0 Å². The van der Waals surface area contributed by atoms with Gasteiger partial charge in [0, 0.05) is 38.4 Å². The molecule has 0 atom stereocenters. The van der Waals surface area contributed by atoms with Crippen molar-refractivity contribution in [2.45, 2.75) is 19.9 Å². The molecule has 0 N–H and O–H groups in total. The number of halogens is 1. The van der Waals surface area contributed by atoms with Crippen LogP contribution in [0.3, 0.4) is 0 Å². The monoisotopic (exact) mass is 229 g/mol. The van der Waals surface area contributed by atoms with Crippen LogP contribution in [0.5, 0.6) is 0 Å². The summed E-state index contributed by atoms with van der Waals surface area (Å²) in [6.45, 7) is 3.39. The van der Waals surface area contributed by atoms with Gasteiger partial charge < -0.3 is 9.47 Å². The molecule has 0 fully saturated rings. The van der Waals surface area contributed by atoms with Gasteiger partial charge in [0.05, 0.1) is 0 Å². The van der Waals surface area contributed by atoms with Gasteiger partial charge in [0.15, 0.2) is 5.82 Å². The molecule has 0 aliphatic carbocycles. The highest BCUT2D eigenvalue weighted by Crippen LogP contribution is 2.00. The van der Waals surface area contributed by atoms with Crippen molar-refractivity contribution < 1.29 is 0 Å². The van der Waals surface area contributed by atoms with Gasteiger partial charge in [0.1, 0.15) is 0 Å². The Bertz CT molecular complexity index is 364. The Morgan fingerprint density at radius 1 is 1.60 bits per heavy atom. The van der Waals surface area contributed by atoms with E-state index < -0.39 is 0 Å². The molecule has 5 heteroatoms. The van der Waals surface area contributed by atoms with E-state index in [1.807, 2.05) is 14.0 Å². The van der Waals surface area contributed by atoms with Gasteiger partial charge in [-0.3, -0.25) is 4.79 Å². The Morgan fingerprint density at radius 2 is 2.33 bits per heavy atom. The highest BCUT2D eigenvalue weighted by molar-refractivity contribution is 6.18. The molecule has 15 heavy (non-hydrogen) atoms. The van der Waals surface area contributed by atoms with Crippen molar-refractivity contribution >= 4 is 17.4 Å². The molecule has 4 nitrogen and oxygen atoms in total. The molecule has 0 spiro atoms. The third-order valence-corrected chi connectivity index (χ3v) is 2.31. The fourth-order valence-corrected chi connectivity index (χ4v) is 1.60. The summed E-state index contributed by atoms with van der Waals surface area (Å²) in [5, 5.41) is 0.